The number of carbonyl (C=O) groups is 1. The van der Waals surface area contributed by atoms with Crippen LogP contribution in [0.3, 0.4) is 0 Å². The van der Waals surface area contributed by atoms with Gasteiger partial charge < -0.3 is 4.74 Å². The van der Waals surface area contributed by atoms with E-state index < -0.39 is 0 Å². The van der Waals surface area contributed by atoms with Gasteiger partial charge in [-0.25, -0.2) is 4.39 Å². The summed E-state index contributed by atoms with van der Waals surface area (Å²) in [6, 6.07) is 4.72. The van der Waals surface area contributed by atoms with Gasteiger partial charge in [0.2, 0.25) is 0 Å². The van der Waals surface area contributed by atoms with Crippen LogP contribution in [0.2, 0.25) is 0 Å². The van der Waals surface area contributed by atoms with Crippen molar-refractivity contribution in [1.82, 2.24) is 0 Å². The van der Waals surface area contributed by atoms with Crippen LogP contribution in [0.1, 0.15) is 18.9 Å². The lowest BCUT2D eigenvalue weighted by Crippen LogP contribution is -2.08. The molecule has 0 radical (unpaired) electrons. The molecule has 88 valence electrons. The highest BCUT2D eigenvalue weighted by Crippen LogP contribution is 2.16. The van der Waals surface area contributed by atoms with E-state index in [0.29, 0.717) is 29.7 Å². The standard InChI is InChI=1S/C12H14BrFO2/c1-2-16-6-5-11(15)7-9-3-4-10(13)8-12(9)14/h3-4,8H,2,5-7H2,1H3. The first-order valence-corrected chi connectivity index (χ1v) is 5.96. The summed E-state index contributed by atoms with van der Waals surface area (Å²) in [5, 5.41) is 0. The molecule has 0 bridgehead atoms. The van der Waals surface area contributed by atoms with Gasteiger partial charge in [0.1, 0.15) is 11.6 Å². The average Bonchev–Trinajstić information content (AvgIpc) is 2.23. The van der Waals surface area contributed by atoms with Crippen molar-refractivity contribution in [2.45, 2.75) is 19.8 Å². The normalized spacial score (nSPS) is 10.4. The second-order valence-corrected chi connectivity index (χ2v) is 4.31. The first-order valence-electron chi connectivity index (χ1n) is 5.17. The fourth-order valence-corrected chi connectivity index (χ4v) is 1.63. The summed E-state index contributed by atoms with van der Waals surface area (Å²) in [5.41, 5.74) is 0.435. The average molecular weight is 289 g/mol. The Labute approximate surface area is 103 Å². The molecule has 1 aromatic rings. The zero-order valence-electron chi connectivity index (χ0n) is 9.13. The number of ketones is 1. The maximum absolute atomic E-state index is 13.4. The fourth-order valence-electron chi connectivity index (χ4n) is 1.30. The Hall–Kier alpha value is -0.740. The monoisotopic (exact) mass is 288 g/mol. The number of Topliss-reactive ketones (excluding diaryl/α,β-unsaturated/α-hetero) is 1. The van der Waals surface area contributed by atoms with Crippen LogP contribution in [0.5, 0.6) is 0 Å². The molecule has 0 aliphatic carbocycles. The lowest BCUT2D eigenvalue weighted by atomic mass is 10.1. The number of hydrogen-bond donors (Lipinski definition) is 0. The molecule has 4 heteroatoms. The predicted octanol–water partition coefficient (Wildman–Crippen LogP) is 3.13. The van der Waals surface area contributed by atoms with Gasteiger partial charge in [-0.15, -0.1) is 0 Å². The Balaban J connectivity index is 2.49. The molecule has 0 amide bonds. The van der Waals surface area contributed by atoms with Gasteiger partial charge in [0.25, 0.3) is 0 Å². The smallest absolute Gasteiger partial charge is 0.139 e. The van der Waals surface area contributed by atoms with Crippen LogP contribution >= 0.6 is 15.9 Å². The van der Waals surface area contributed by atoms with E-state index in [4.69, 9.17) is 4.74 Å². The number of rotatable bonds is 6. The lowest BCUT2D eigenvalue weighted by Gasteiger charge is -2.03. The van der Waals surface area contributed by atoms with Crippen LogP contribution < -0.4 is 0 Å². The summed E-state index contributed by atoms with van der Waals surface area (Å²) in [7, 11) is 0. The van der Waals surface area contributed by atoms with Crippen LogP contribution in [0.25, 0.3) is 0 Å². The van der Waals surface area contributed by atoms with E-state index in [9.17, 15) is 9.18 Å². The third-order valence-corrected chi connectivity index (χ3v) is 2.63. The van der Waals surface area contributed by atoms with Crippen molar-refractivity contribution in [3.63, 3.8) is 0 Å². The van der Waals surface area contributed by atoms with Gasteiger partial charge in [0, 0.05) is 23.9 Å². The first kappa shape index (κ1) is 13.3. The zero-order chi connectivity index (χ0) is 12.0. The molecule has 0 heterocycles. The van der Waals surface area contributed by atoms with E-state index in [2.05, 4.69) is 15.9 Å². The summed E-state index contributed by atoms with van der Waals surface area (Å²) in [6.45, 7) is 2.88. The van der Waals surface area contributed by atoms with Gasteiger partial charge in [-0.2, -0.15) is 0 Å². The molecule has 0 atom stereocenters. The van der Waals surface area contributed by atoms with E-state index in [1.54, 1.807) is 12.1 Å². The lowest BCUT2D eigenvalue weighted by molar-refractivity contribution is -0.119. The molecule has 16 heavy (non-hydrogen) atoms. The van der Waals surface area contributed by atoms with E-state index in [-0.39, 0.29) is 18.0 Å². The third kappa shape index (κ3) is 4.41. The second kappa shape index (κ2) is 6.76. The Bertz CT molecular complexity index is 366. The van der Waals surface area contributed by atoms with Crippen LogP contribution in [0.4, 0.5) is 4.39 Å². The van der Waals surface area contributed by atoms with Gasteiger partial charge >= 0.3 is 0 Å². The minimum atomic E-state index is -0.348. The molecule has 0 unspecified atom stereocenters. The van der Waals surface area contributed by atoms with Gasteiger partial charge in [-0.1, -0.05) is 22.0 Å². The molecular weight excluding hydrogens is 275 g/mol. The van der Waals surface area contributed by atoms with E-state index in [0.717, 1.165) is 0 Å². The summed E-state index contributed by atoms with van der Waals surface area (Å²) < 4.78 is 19.1. The quantitative estimate of drug-likeness (QED) is 0.752. The SMILES string of the molecule is CCOCCC(=O)Cc1ccc(Br)cc1F. The number of hydrogen-bond acceptors (Lipinski definition) is 2. The molecular formula is C12H14BrFO2. The molecule has 1 aromatic carbocycles. The van der Waals surface area contributed by atoms with E-state index in [1.165, 1.54) is 6.07 Å². The summed E-state index contributed by atoms with van der Waals surface area (Å²) >= 11 is 3.17. The minimum Gasteiger partial charge on any atom is -0.381 e. The largest absolute Gasteiger partial charge is 0.381 e. The molecule has 2 nitrogen and oxygen atoms in total. The molecule has 0 aromatic heterocycles. The molecule has 0 fully saturated rings. The third-order valence-electron chi connectivity index (χ3n) is 2.13. The summed E-state index contributed by atoms with van der Waals surface area (Å²) in [4.78, 5) is 11.5. The van der Waals surface area contributed by atoms with Crippen molar-refractivity contribution in [3.05, 3.63) is 34.1 Å². The number of halogens is 2. The highest BCUT2D eigenvalue weighted by atomic mass is 79.9. The summed E-state index contributed by atoms with van der Waals surface area (Å²) in [5.74, 6) is -0.353. The van der Waals surface area contributed by atoms with Crippen molar-refractivity contribution < 1.29 is 13.9 Å². The van der Waals surface area contributed by atoms with E-state index >= 15 is 0 Å². The van der Waals surface area contributed by atoms with Gasteiger partial charge in [-0.3, -0.25) is 4.79 Å². The highest BCUT2D eigenvalue weighted by molar-refractivity contribution is 9.10. The molecule has 0 aliphatic heterocycles. The van der Waals surface area contributed by atoms with Crippen molar-refractivity contribution in [2.75, 3.05) is 13.2 Å². The second-order valence-electron chi connectivity index (χ2n) is 3.40. The van der Waals surface area contributed by atoms with Crippen molar-refractivity contribution in [3.8, 4) is 0 Å². The minimum absolute atomic E-state index is 0.00493. The zero-order valence-corrected chi connectivity index (χ0v) is 10.7. The predicted molar refractivity (Wildman–Crippen MR) is 63.9 cm³/mol. The number of ether oxygens (including phenoxy) is 1. The maximum atomic E-state index is 13.4. The van der Waals surface area contributed by atoms with Crippen molar-refractivity contribution in [2.24, 2.45) is 0 Å². The van der Waals surface area contributed by atoms with Crippen molar-refractivity contribution >= 4 is 21.7 Å². The molecule has 0 spiro atoms. The number of benzene rings is 1. The molecule has 1 rings (SSSR count). The fraction of sp³-hybridized carbons (Fsp3) is 0.417. The number of carbonyl (C=O) groups excluding carboxylic acids is 1. The maximum Gasteiger partial charge on any atom is 0.139 e. The molecule has 0 saturated heterocycles. The Morgan fingerprint density at radius 3 is 2.88 bits per heavy atom. The summed E-state index contributed by atoms with van der Waals surface area (Å²) in [6.07, 6.45) is 0.468. The van der Waals surface area contributed by atoms with Crippen LogP contribution in [-0.4, -0.2) is 19.0 Å². The topological polar surface area (TPSA) is 26.3 Å². The highest BCUT2D eigenvalue weighted by Gasteiger charge is 2.08. The van der Waals surface area contributed by atoms with Crippen LogP contribution in [0.15, 0.2) is 22.7 Å². The first-order chi connectivity index (χ1) is 7.63. The van der Waals surface area contributed by atoms with Crippen LogP contribution in [0, 0.1) is 5.82 Å². The van der Waals surface area contributed by atoms with Crippen LogP contribution in [-0.2, 0) is 16.0 Å². The Morgan fingerprint density at radius 1 is 1.50 bits per heavy atom. The molecule has 0 aliphatic rings. The Morgan fingerprint density at radius 2 is 2.25 bits per heavy atom. The molecule has 0 saturated carbocycles. The van der Waals surface area contributed by atoms with Crippen molar-refractivity contribution in [1.29, 1.82) is 0 Å². The molecule has 0 N–H and O–H groups in total. The van der Waals surface area contributed by atoms with Gasteiger partial charge in [-0.05, 0) is 24.6 Å². The Kier molecular flexibility index (Phi) is 5.63. The van der Waals surface area contributed by atoms with E-state index in [1.807, 2.05) is 6.92 Å². The van der Waals surface area contributed by atoms with Gasteiger partial charge in [0.15, 0.2) is 0 Å². The van der Waals surface area contributed by atoms with Gasteiger partial charge in [0.05, 0.1) is 6.61 Å².